The van der Waals surface area contributed by atoms with E-state index in [1.54, 1.807) is 6.20 Å². The van der Waals surface area contributed by atoms with Crippen LogP contribution in [0, 0.1) is 0 Å². The summed E-state index contributed by atoms with van der Waals surface area (Å²) in [6.45, 7) is 0. The molecule has 1 aromatic heterocycles. The molecule has 2 saturated carbocycles. The SMILES string of the molecule is O=C(NC1CC1)c1cccc2cnc(NC3CCC(O)CC3)nc12. The van der Waals surface area contributed by atoms with E-state index in [1.807, 2.05) is 18.2 Å². The number of aliphatic hydroxyl groups excluding tert-OH is 1. The molecule has 2 aromatic rings. The fourth-order valence-electron chi connectivity index (χ4n) is 3.20. The first-order valence-electron chi connectivity index (χ1n) is 8.70. The van der Waals surface area contributed by atoms with Gasteiger partial charge < -0.3 is 15.7 Å². The predicted octanol–water partition coefficient (Wildman–Crippen LogP) is 2.24. The van der Waals surface area contributed by atoms with Gasteiger partial charge in [0.25, 0.3) is 5.91 Å². The molecule has 1 aromatic carbocycles. The molecule has 2 fully saturated rings. The number of aliphatic hydroxyl groups is 1. The number of amides is 1. The van der Waals surface area contributed by atoms with Crippen LogP contribution in [0.1, 0.15) is 48.9 Å². The Labute approximate surface area is 140 Å². The van der Waals surface area contributed by atoms with Crippen LogP contribution in [0.2, 0.25) is 0 Å². The van der Waals surface area contributed by atoms with Gasteiger partial charge in [0.1, 0.15) is 0 Å². The second-order valence-electron chi connectivity index (χ2n) is 6.83. The Morgan fingerprint density at radius 3 is 2.58 bits per heavy atom. The van der Waals surface area contributed by atoms with Crippen molar-refractivity contribution in [2.75, 3.05) is 5.32 Å². The quantitative estimate of drug-likeness (QED) is 0.802. The molecule has 126 valence electrons. The van der Waals surface area contributed by atoms with E-state index in [0.717, 1.165) is 43.9 Å². The highest BCUT2D eigenvalue weighted by atomic mass is 16.3. The third kappa shape index (κ3) is 3.33. The summed E-state index contributed by atoms with van der Waals surface area (Å²) in [5.41, 5.74) is 1.29. The van der Waals surface area contributed by atoms with Crippen molar-refractivity contribution in [2.24, 2.45) is 0 Å². The van der Waals surface area contributed by atoms with Crippen molar-refractivity contribution in [3.05, 3.63) is 30.0 Å². The monoisotopic (exact) mass is 326 g/mol. The average molecular weight is 326 g/mol. The lowest BCUT2D eigenvalue weighted by Gasteiger charge is -2.26. The first-order valence-corrected chi connectivity index (χ1v) is 8.70. The average Bonchev–Trinajstić information content (AvgIpc) is 3.40. The lowest BCUT2D eigenvalue weighted by atomic mass is 9.93. The summed E-state index contributed by atoms with van der Waals surface area (Å²) >= 11 is 0. The maximum atomic E-state index is 12.4. The van der Waals surface area contributed by atoms with Crippen molar-refractivity contribution < 1.29 is 9.90 Å². The number of fused-ring (bicyclic) bond motifs is 1. The summed E-state index contributed by atoms with van der Waals surface area (Å²) in [5, 5.41) is 16.8. The Morgan fingerprint density at radius 1 is 1.08 bits per heavy atom. The molecule has 24 heavy (non-hydrogen) atoms. The Bertz CT molecular complexity index is 752. The maximum Gasteiger partial charge on any atom is 0.253 e. The Hall–Kier alpha value is -2.21. The van der Waals surface area contributed by atoms with E-state index in [2.05, 4.69) is 20.6 Å². The molecule has 0 unspecified atom stereocenters. The molecule has 1 heterocycles. The van der Waals surface area contributed by atoms with Crippen LogP contribution < -0.4 is 10.6 Å². The number of aromatic nitrogens is 2. The molecule has 6 heteroatoms. The second kappa shape index (κ2) is 6.36. The van der Waals surface area contributed by atoms with Gasteiger partial charge in [0, 0.05) is 23.7 Å². The number of hydrogen-bond acceptors (Lipinski definition) is 5. The van der Waals surface area contributed by atoms with E-state index in [9.17, 15) is 9.90 Å². The second-order valence-corrected chi connectivity index (χ2v) is 6.83. The molecule has 0 spiro atoms. The number of carbonyl (C=O) groups is 1. The van der Waals surface area contributed by atoms with Gasteiger partial charge in [0.15, 0.2) is 0 Å². The zero-order chi connectivity index (χ0) is 16.5. The van der Waals surface area contributed by atoms with Crippen molar-refractivity contribution >= 4 is 22.8 Å². The fourth-order valence-corrected chi connectivity index (χ4v) is 3.20. The van der Waals surface area contributed by atoms with Crippen molar-refractivity contribution in [1.82, 2.24) is 15.3 Å². The maximum absolute atomic E-state index is 12.4. The van der Waals surface area contributed by atoms with Crippen LogP contribution in [0.3, 0.4) is 0 Å². The standard InChI is InChI=1S/C18H22N4O2/c23-14-8-6-13(7-9-14)21-18-19-10-11-2-1-3-15(16(11)22-18)17(24)20-12-4-5-12/h1-3,10,12-14,23H,4-9H2,(H,20,24)(H,19,21,22). The van der Waals surface area contributed by atoms with Crippen LogP contribution >= 0.6 is 0 Å². The predicted molar refractivity (Wildman–Crippen MR) is 91.9 cm³/mol. The number of para-hydroxylation sites is 1. The van der Waals surface area contributed by atoms with E-state index >= 15 is 0 Å². The molecule has 6 nitrogen and oxygen atoms in total. The normalized spacial score (nSPS) is 23.9. The fraction of sp³-hybridized carbons (Fsp3) is 0.500. The van der Waals surface area contributed by atoms with Gasteiger partial charge in [0.2, 0.25) is 5.95 Å². The molecule has 3 N–H and O–H groups in total. The van der Waals surface area contributed by atoms with Crippen LogP contribution in [0.4, 0.5) is 5.95 Å². The van der Waals surface area contributed by atoms with Gasteiger partial charge in [-0.15, -0.1) is 0 Å². The van der Waals surface area contributed by atoms with E-state index in [1.165, 1.54) is 0 Å². The van der Waals surface area contributed by atoms with Gasteiger partial charge in [-0.1, -0.05) is 12.1 Å². The zero-order valence-electron chi connectivity index (χ0n) is 13.5. The van der Waals surface area contributed by atoms with Crippen LogP contribution in [0.15, 0.2) is 24.4 Å². The van der Waals surface area contributed by atoms with Gasteiger partial charge in [-0.25, -0.2) is 9.97 Å². The number of nitrogens with zero attached hydrogens (tertiary/aromatic N) is 2. The minimum Gasteiger partial charge on any atom is -0.393 e. The number of carbonyl (C=O) groups excluding carboxylic acids is 1. The molecule has 0 aliphatic heterocycles. The van der Waals surface area contributed by atoms with Gasteiger partial charge in [-0.2, -0.15) is 0 Å². The molecule has 0 atom stereocenters. The number of rotatable bonds is 4. The van der Waals surface area contributed by atoms with E-state index in [4.69, 9.17) is 0 Å². The summed E-state index contributed by atoms with van der Waals surface area (Å²) in [6, 6.07) is 6.19. The van der Waals surface area contributed by atoms with Gasteiger partial charge in [-0.3, -0.25) is 4.79 Å². The molecule has 1 amide bonds. The summed E-state index contributed by atoms with van der Waals surface area (Å²) in [7, 11) is 0. The smallest absolute Gasteiger partial charge is 0.253 e. The highest BCUT2D eigenvalue weighted by Gasteiger charge is 2.25. The lowest BCUT2D eigenvalue weighted by molar-refractivity contribution is 0.0952. The first-order chi connectivity index (χ1) is 11.7. The van der Waals surface area contributed by atoms with Crippen LogP contribution in [0.25, 0.3) is 10.9 Å². The van der Waals surface area contributed by atoms with Crippen molar-refractivity contribution in [2.45, 2.75) is 56.7 Å². The summed E-state index contributed by atoms with van der Waals surface area (Å²) in [4.78, 5) is 21.4. The first kappa shape index (κ1) is 15.3. The highest BCUT2D eigenvalue weighted by molar-refractivity contribution is 6.05. The topological polar surface area (TPSA) is 87.1 Å². The lowest BCUT2D eigenvalue weighted by Crippen LogP contribution is -2.29. The largest absolute Gasteiger partial charge is 0.393 e. The van der Waals surface area contributed by atoms with Crippen molar-refractivity contribution in [3.63, 3.8) is 0 Å². The van der Waals surface area contributed by atoms with Crippen LogP contribution in [-0.2, 0) is 0 Å². The molecule has 0 saturated heterocycles. The molecular weight excluding hydrogens is 304 g/mol. The third-order valence-electron chi connectivity index (χ3n) is 4.80. The Balaban J connectivity index is 1.57. The van der Waals surface area contributed by atoms with E-state index in [0.29, 0.717) is 23.1 Å². The minimum atomic E-state index is -0.182. The molecule has 0 bridgehead atoms. The molecule has 2 aliphatic rings. The van der Waals surface area contributed by atoms with Crippen molar-refractivity contribution in [1.29, 1.82) is 0 Å². The number of anilines is 1. The van der Waals surface area contributed by atoms with Crippen LogP contribution in [0.5, 0.6) is 0 Å². The van der Waals surface area contributed by atoms with Crippen LogP contribution in [-0.4, -0.2) is 39.2 Å². The molecular formula is C18H22N4O2. The van der Waals surface area contributed by atoms with Gasteiger partial charge in [0.05, 0.1) is 17.2 Å². The third-order valence-corrected chi connectivity index (χ3v) is 4.80. The van der Waals surface area contributed by atoms with Gasteiger partial charge >= 0.3 is 0 Å². The molecule has 4 rings (SSSR count). The summed E-state index contributed by atoms with van der Waals surface area (Å²) in [5.74, 6) is 0.490. The van der Waals surface area contributed by atoms with E-state index in [-0.39, 0.29) is 18.1 Å². The zero-order valence-corrected chi connectivity index (χ0v) is 13.5. The summed E-state index contributed by atoms with van der Waals surface area (Å²) < 4.78 is 0. The van der Waals surface area contributed by atoms with E-state index < -0.39 is 0 Å². The minimum absolute atomic E-state index is 0.0615. The number of benzene rings is 1. The molecule has 0 radical (unpaired) electrons. The molecule has 2 aliphatic carbocycles. The Kier molecular flexibility index (Phi) is 4.06. The Morgan fingerprint density at radius 2 is 1.83 bits per heavy atom. The van der Waals surface area contributed by atoms with Crippen molar-refractivity contribution in [3.8, 4) is 0 Å². The summed E-state index contributed by atoms with van der Waals surface area (Å²) in [6.07, 6.45) is 7.13. The highest BCUT2D eigenvalue weighted by Crippen LogP contribution is 2.24. The number of nitrogens with one attached hydrogen (secondary N) is 2. The number of hydrogen-bond donors (Lipinski definition) is 3. The van der Waals surface area contributed by atoms with Gasteiger partial charge in [-0.05, 0) is 44.6 Å².